The Labute approximate surface area is 341 Å². The summed E-state index contributed by atoms with van der Waals surface area (Å²) in [5.41, 5.74) is -0.173. The SMILES string of the molecule is CO[C@@H]1/C=C/C=C(\C)Cc2cc(C)c(Cl)c(c2)N(C)C(=O)C[C@H](OC(=O)[C@H](C)N(C)C(=O)CCCCCNC(=O)C(F)(F)F)[C@]2(C)OC2[C@@H](C)C2C[C@@]1(O)NC(=O)O2. The van der Waals surface area contributed by atoms with Gasteiger partial charge in [0.1, 0.15) is 30.0 Å². The summed E-state index contributed by atoms with van der Waals surface area (Å²) in [5, 5.41) is 16.4. The standard InChI is InChI=1S/C40H54ClF3N4O10/c1-22-13-12-14-29(55-8)39(54)21-28(56-37(53)46-39)24(3)34-38(5,58-34)30(20-32(50)48(7)27-19-26(17-22)18-23(2)33(27)41)57-35(51)25(4)47(6)31(49)15-10-9-11-16-45-36(52)40(42,43)44/h12-14,18-19,24-25,28-30,34,54H,9-11,15-17,20-21H2,1-8H3,(H,45,52)(H,46,53)/b14-12+,22-13+/t24-,25-,28?,29+,30-,34?,38-,39-/m0/s1. The maximum Gasteiger partial charge on any atom is 0.471 e. The fourth-order valence-corrected chi connectivity index (χ4v) is 7.55. The average Bonchev–Trinajstić information content (AvgIpc) is 3.85. The number of likely N-dealkylation sites (N-methyl/N-ethyl adjacent to an activating group) is 1. The number of amides is 4. The molecule has 1 aromatic carbocycles. The van der Waals surface area contributed by atoms with Crippen molar-refractivity contribution in [2.45, 2.75) is 128 Å². The molecule has 0 radical (unpaired) electrons. The molecule has 0 aliphatic carbocycles. The van der Waals surface area contributed by atoms with E-state index in [0.29, 0.717) is 30.0 Å². The third-order valence-electron chi connectivity index (χ3n) is 11.1. The lowest BCUT2D eigenvalue weighted by Gasteiger charge is -2.42. The molecule has 1 aromatic rings. The highest BCUT2D eigenvalue weighted by Crippen LogP contribution is 2.49. The summed E-state index contributed by atoms with van der Waals surface area (Å²) in [7, 11) is 4.38. The Balaban J connectivity index is 1.58. The van der Waals surface area contributed by atoms with Gasteiger partial charge in [0.25, 0.3) is 0 Å². The number of alkyl carbamates (subject to hydrolysis) is 1. The molecule has 3 heterocycles. The predicted octanol–water partition coefficient (Wildman–Crippen LogP) is 5.05. The molecule has 4 rings (SSSR count). The molecule has 322 valence electrons. The van der Waals surface area contributed by atoms with Gasteiger partial charge in [-0.25, -0.2) is 9.59 Å². The number of esters is 1. The van der Waals surface area contributed by atoms with Gasteiger partial charge in [-0.3, -0.25) is 19.7 Å². The van der Waals surface area contributed by atoms with Crippen LogP contribution in [-0.2, 0) is 44.5 Å². The zero-order valence-electron chi connectivity index (χ0n) is 34.0. The largest absolute Gasteiger partial charge is 0.471 e. The van der Waals surface area contributed by atoms with Crippen molar-refractivity contribution in [1.29, 1.82) is 0 Å². The summed E-state index contributed by atoms with van der Waals surface area (Å²) in [4.78, 5) is 67.4. The highest BCUT2D eigenvalue weighted by molar-refractivity contribution is 6.34. The van der Waals surface area contributed by atoms with Gasteiger partial charge in [-0.05, 0) is 64.2 Å². The summed E-state index contributed by atoms with van der Waals surface area (Å²) in [6, 6.07) is 2.60. The quantitative estimate of drug-likeness (QED) is 0.164. The van der Waals surface area contributed by atoms with E-state index in [-0.39, 0.29) is 32.2 Å². The number of hydrogen-bond donors (Lipinski definition) is 3. The molecule has 14 nitrogen and oxygen atoms in total. The van der Waals surface area contributed by atoms with Gasteiger partial charge in [0.05, 0.1) is 23.2 Å². The zero-order chi connectivity index (χ0) is 43.3. The first-order valence-corrected chi connectivity index (χ1v) is 19.5. The summed E-state index contributed by atoms with van der Waals surface area (Å²) < 4.78 is 60.7. The molecule has 8 atom stereocenters. The molecule has 58 heavy (non-hydrogen) atoms. The van der Waals surface area contributed by atoms with E-state index in [0.717, 1.165) is 16.7 Å². The minimum absolute atomic E-state index is 0.0238. The molecule has 2 unspecified atom stereocenters. The molecule has 4 bridgehead atoms. The highest BCUT2D eigenvalue weighted by atomic mass is 35.5. The van der Waals surface area contributed by atoms with Crippen molar-refractivity contribution < 1.29 is 61.2 Å². The van der Waals surface area contributed by atoms with Gasteiger partial charge >= 0.3 is 24.1 Å². The van der Waals surface area contributed by atoms with Crippen molar-refractivity contribution in [1.82, 2.24) is 15.5 Å². The Hall–Kier alpha value is -4.19. The van der Waals surface area contributed by atoms with Crippen molar-refractivity contribution in [2.75, 3.05) is 32.6 Å². The number of alkyl halides is 3. The molecule has 3 aliphatic rings. The summed E-state index contributed by atoms with van der Waals surface area (Å²) in [6.07, 6.45) is -3.56. The average molecular weight is 843 g/mol. The summed E-state index contributed by atoms with van der Waals surface area (Å²) in [6.45, 7) is 8.42. The van der Waals surface area contributed by atoms with Crippen molar-refractivity contribution in [3.8, 4) is 0 Å². The van der Waals surface area contributed by atoms with Gasteiger partial charge in [0, 0.05) is 46.5 Å². The third-order valence-corrected chi connectivity index (χ3v) is 11.6. The van der Waals surface area contributed by atoms with Gasteiger partial charge in [-0.15, -0.1) is 0 Å². The van der Waals surface area contributed by atoms with Gasteiger partial charge in [0.15, 0.2) is 5.72 Å². The lowest BCUT2D eigenvalue weighted by atomic mass is 9.83. The number of nitrogens with zero attached hydrogens (tertiary/aromatic N) is 2. The van der Waals surface area contributed by atoms with E-state index in [1.807, 2.05) is 32.1 Å². The van der Waals surface area contributed by atoms with Crippen LogP contribution < -0.4 is 15.5 Å². The van der Waals surface area contributed by atoms with Crippen LogP contribution in [-0.4, -0.2) is 116 Å². The third kappa shape index (κ3) is 11.1. The van der Waals surface area contributed by atoms with Crippen molar-refractivity contribution in [2.24, 2.45) is 5.92 Å². The lowest BCUT2D eigenvalue weighted by Crippen LogP contribution is -2.63. The van der Waals surface area contributed by atoms with Crippen LogP contribution in [0.3, 0.4) is 0 Å². The first-order chi connectivity index (χ1) is 27.0. The van der Waals surface area contributed by atoms with Crippen molar-refractivity contribution in [3.63, 3.8) is 0 Å². The van der Waals surface area contributed by atoms with E-state index in [1.54, 1.807) is 38.4 Å². The number of benzene rings is 1. The predicted molar refractivity (Wildman–Crippen MR) is 207 cm³/mol. The second kappa shape index (κ2) is 18.8. The van der Waals surface area contributed by atoms with E-state index in [9.17, 15) is 42.3 Å². The fourth-order valence-electron chi connectivity index (χ4n) is 7.31. The molecule has 18 heteroatoms. The minimum atomic E-state index is -4.98. The molecular formula is C40H54ClF3N4O10. The van der Waals surface area contributed by atoms with E-state index in [2.05, 4.69) is 5.32 Å². The number of aryl methyl sites for hydroxylation is 1. The number of epoxide rings is 1. The molecular weight excluding hydrogens is 789 g/mol. The number of carbonyl (C=O) groups is 5. The van der Waals surface area contributed by atoms with E-state index < -0.39 is 83.7 Å². The van der Waals surface area contributed by atoms with E-state index in [4.69, 9.17) is 30.5 Å². The first-order valence-electron chi connectivity index (χ1n) is 19.1. The van der Waals surface area contributed by atoms with Crippen LogP contribution in [0.5, 0.6) is 0 Å². The monoisotopic (exact) mass is 842 g/mol. The Bertz CT molecular complexity index is 1790. The van der Waals surface area contributed by atoms with Crippen LogP contribution in [0.2, 0.25) is 5.02 Å². The topological polar surface area (TPSA) is 176 Å². The van der Waals surface area contributed by atoms with Gasteiger partial charge in [0.2, 0.25) is 11.8 Å². The molecule has 0 aromatic heterocycles. The maximum absolute atomic E-state index is 14.1. The van der Waals surface area contributed by atoms with Gasteiger partial charge in [-0.1, -0.05) is 54.8 Å². The van der Waals surface area contributed by atoms with Crippen LogP contribution in [0.25, 0.3) is 0 Å². The molecule has 3 N–H and O–H groups in total. The van der Waals surface area contributed by atoms with Crippen molar-refractivity contribution >= 4 is 47.1 Å². The number of hydrogen-bond acceptors (Lipinski definition) is 10. The molecule has 3 aliphatic heterocycles. The molecule has 0 saturated carbocycles. The number of methoxy groups -OCH3 is 1. The Morgan fingerprint density at radius 1 is 1.19 bits per heavy atom. The number of ether oxygens (including phenoxy) is 4. The van der Waals surface area contributed by atoms with Crippen LogP contribution in [0.4, 0.5) is 23.7 Å². The number of allylic oxidation sites excluding steroid dienone is 3. The van der Waals surface area contributed by atoms with Crippen LogP contribution >= 0.6 is 11.6 Å². The van der Waals surface area contributed by atoms with Crippen LogP contribution in [0, 0.1) is 12.8 Å². The lowest BCUT2D eigenvalue weighted by molar-refractivity contribution is -0.173. The minimum Gasteiger partial charge on any atom is -0.457 e. The Morgan fingerprint density at radius 3 is 2.53 bits per heavy atom. The normalized spacial score (nSPS) is 29.8. The Kier molecular flexibility index (Phi) is 15.1. The fraction of sp³-hybridized carbons (Fsp3) is 0.625. The maximum atomic E-state index is 14.1. The number of fused-ring (bicyclic) bond motifs is 5. The molecule has 2 saturated heterocycles. The molecule has 0 spiro atoms. The molecule has 2 fully saturated rings. The van der Waals surface area contributed by atoms with Crippen LogP contribution in [0.1, 0.15) is 77.3 Å². The highest BCUT2D eigenvalue weighted by Gasteiger charge is 2.64. The number of unbranched alkanes of at least 4 members (excludes halogenated alkanes) is 2. The number of rotatable bonds is 10. The molecule has 4 amide bonds. The van der Waals surface area contributed by atoms with E-state index >= 15 is 0 Å². The number of aliphatic hydroxyl groups is 1. The number of carbonyl (C=O) groups excluding carboxylic acids is 5. The number of halogens is 4. The summed E-state index contributed by atoms with van der Waals surface area (Å²) in [5.74, 6) is -4.33. The number of anilines is 1. The first kappa shape index (κ1) is 46.5. The van der Waals surface area contributed by atoms with Gasteiger partial charge in [-0.2, -0.15) is 13.2 Å². The van der Waals surface area contributed by atoms with E-state index in [1.165, 1.54) is 30.9 Å². The summed E-state index contributed by atoms with van der Waals surface area (Å²) >= 11 is 6.75. The Morgan fingerprint density at radius 2 is 1.88 bits per heavy atom. The zero-order valence-corrected chi connectivity index (χ0v) is 34.8. The second-order valence-electron chi connectivity index (χ2n) is 15.6. The number of nitrogens with one attached hydrogen (secondary N) is 2. The van der Waals surface area contributed by atoms with Gasteiger partial charge < -0.3 is 39.2 Å². The van der Waals surface area contributed by atoms with Crippen molar-refractivity contribution in [3.05, 3.63) is 52.1 Å². The second-order valence-corrected chi connectivity index (χ2v) is 16.0. The smallest absolute Gasteiger partial charge is 0.457 e. The van der Waals surface area contributed by atoms with Crippen LogP contribution in [0.15, 0.2) is 35.9 Å².